The molecule has 0 amide bonds. The van der Waals surface area contributed by atoms with E-state index in [9.17, 15) is 5.11 Å². The smallest absolute Gasteiger partial charge is 0.0580 e. The molecule has 76 valence electrons. The number of hydrogen-bond donors (Lipinski definition) is 1. The quantitative estimate of drug-likeness (QED) is 0.675. The number of rotatable bonds is 1. The molecule has 2 rings (SSSR count). The van der Waals surface area contributed by atoms with Crippen molar-refractivity contribution in [3.05, 3.63) is 35.4 Å². The highest BCUT2D eigenvalue weighted by Crippen LogP contribution is 2.32. The van der Waals surface area contributed by atoms with Gasteiger partial charge in [-0.2, -0.15) is 0 Å². The molecule has 1 nitrogen and oxygen atoms in total. The molecule has 1 aromatic rings. The molecule has 0 saturated carbocycles. The van der Waals surface area contributed by atoms with Crippen LogP contribution in [0.2, 0.25) is 0 Å². The van der Waals surface area contributed by atoms with Crippen LogP contribution in [-0.2, 0) is 6.42 Å². The van der Waals surface area contributed by atoms with Crippen molar-refractivity contribution in [3.63, 3.8) is 0 Å². The van der Waals surface area contributed by atoms with E-state index < -0.39 is 0 Å². The van der Waals surface area contributed by atoms with E-state index >= 15 is 0 Å². The van der Waals surface area contributed by atoms with Gasteiger partial charge in [0, 0.05) is 5.92 Å². The molecular weight excluding hydrogens is 172 g/mol. The minimum Gasteiger partial charge on any atom is -0.393 e. The third-order valence-electron chi connectivity index (χ3n) is 3.25. The summed E-state index contributed by atoms with van der Waals surface area (Å²) in [6.45, 7) is 1.91. The minimum absolute atomic E-state index is 0.214. The summed E-state index contributed by atoms with van der Waals surface area (Å²) in [6, 6.07) is 8.57. The summed E-state index contributed by atoms with van der Waals surface area (Å²) in [5.41, 5.74) is 2.82. The van der Waals surface area contributed by atoms with Gasteiger partial charge in [-0.25, -0.2) is 0 Å². The van der Waals surface area contributed by atoms with Crippen LogP contribution in [0, 0.1) is 0 Å². The van der Waals surface area contributed by atoms with Gasteiger partial charge in [0.2, 0.25) is 0 Å². The lowest BCUT2D eigenvalue weighted by atomic mass is 9.89. The number of fused-ring (bicyclic) bond motifs is 1. The first-order valence-corrected chi connectivity index (χ1v) is 5.55. The van der Waals surface area contributed by atoms with Gasteiger partial charge in [-0.3, -0.25) is 0 Å². The summed E-state index contributed by atoms with van der Waals surface area (Å²) < 4.78 is 0. The fraction of sp³-hybridized carbons (Fsp3) is 0.538. The standard InChI is InChI=1S/C13H18O/c1-10(14)12-8-4-2-6-11-7-3-5-9-13(11)12/h3,5,7,9-10,12,14H,2,4,6,8H2,1H3. The fourth-order valence-electron chi connectivity index (χ4n) is 2.46. The van der Waals surface area contributed by atoms with Crippen molar-refractivity contribution in [2.45, 2.75) is 44.6 Å². The zero-order valence-electron chi connectivity index (χ0n) is 8.74. The Hall–Kier alpha value is -0.820. The Morgan fingerprint density at radius 2 is 2.07 bits per heavy atom. The van der Waals surface area contributed by atoms with Gasteiger partial charge in [-0.1, -0.05) is 30.7 Å². The highest BCUT2D eigenvalue weighted by molar-refractivity contribution is 5.32. The van der Waals surface area contributed by atoms with Crippen molar-refractivity contribution >= 4 is 0 Å². The summed E-state index contributed by atoms with van der Waals surface area (Å²) in [5.74, 6) is 0.355. The SMILES string of the molecule is CC(O)C1CCCCc2ccccc21. The summed E-state index contributed by atoms with van der Waals surface area (Å²) in [7, 11) is 0. The molecule has 1 aliphatic rings. The molecule has 1 heteroatoms. The zero-order valence-corrected chi connectivity index (χ0v) is 8.74. The van der Waals surface area contributed by atoms with Gasteiger partial charge in [0.05, 0.1) is 6.10 Å². The van der Waals surface area contributed by atoms with E-state index in [1.807, 2.05) is 6.92 Å². The highest BCUT2D eigenvalue weighted by atomic mass is 16.3. The predicted octanol–water partition coefficient (Wildman–Crippen LogP) is 2.88. The van der Waals surface area contributed by atoms with Crippen molar-refractivity contribution in [3.8, 4) is 0 Å². The first kappa shape index (κ1) is 9.72. The first-order chi connectivity index (χ1) is 6.79. The lowest BCUT2D eigenvalue weighted by Crippen LogP contribution is -2.14. The molecule has 1 N–H and O–H groups in total. The summed E-state index contributed by atoms with van der Waals surface area (Å²) in [6.07, 6.45) is 4.60. The third kappa shape index (κ3) is 1.83. The largest absolute Gasteiger partial charge is 0.393 e. The van der Waals surface area contributed by atoms with Gasteiger partial charge in [0.25, 0.3) is 0 Å². The van der Waals surface area contributed by atoms with Crippen molar-refractivity contribution in [2.24, 2.45) is 0 Å². The topological polar surface area (TPSA) is 20.2 Å². The van der Waals surface area contributed by atoms with Crippen LogP contribution in [0.1, 0.15) is 43.2 Å². The average Bonchev–Trinajstić information content (AvgIpc) is 2.39. The van der Waals surface area contributed by atoms with Gasteiger partial charge in [-0.05, 0) is 37.3 Å². The summed E-state index contributed by atoms with van der Waals surface area (Å²) >= 11 is 0. The van der Waals surface area contributed by atoms with E-state index in [4.69, 9.17) is 0 Å². The maximum Gasteiger partial charge on any atom is 0.0580 e. The Bertz CT molecular complexity index is 304. The van der Waals surface area contributed by atoms with Crippen molar-refractivity contribution in [1.82, 2.24) is 0 Å². The van der Waals surface area contributed by atoms with Crippen LogP contribution in [0.15, 0.2) is 24.3 Å². The molecule has 1 aromatic carbocycles. The Morgan fingerprint density at radius 1 is 1.29 bits per heavy atom. The molecule has 0 aromatic heterocycles. The molecule has 0 fully saturated rings. The van der Waals surface area contributed by atoms with Crippen LogP contribution in [-0.4, -0.2) is 11.2 Å². The van der Waals surface area contributed by atoms with E-state index in [2.05, 4.69) is 24.3 Å². The summed E-state index contributed by atoms with van der Waals surface area (Å²) in [5, 5.41) is 9.75. The molecule has 1 aliphatic carbocycles. The molecule has 2 unspecified atom stereocenters. The zero-order chi connectivity index (χ0) is 9.97. The average molecular weight is 190 g/mol. The molecule has 0 saturated heterocycles. The van der Waals surface area contributed by atoms with Crippen LogP contribution in [0.5, 0.6) is 0 Å². The lowest BCUT2D eigenvalue weighted by Gasteiger charge is -2.20. The number of aliphatic hydroxyl groups excluding tert-OH is 1. The van der Waals surface area contributed by atoms with Crippen LogP contribution >= 0.6 is 0 Å². The highest BCUT2D eigenvalue weighted by Gasteiger charge is 2.21. The van der Waals surface area contributed by atoms with Crippen LogP contribution in [0.4, 0.5) is 0 Å². The predicted molar refractivity (Wildman–Crippen MR) is 58.4 cm³/mol. The van der Waals surface area contributed by atoms with Crippen LogP contribution in [0.25, 0.3) is 0 Å². The molecule has 2 atom stereocenters. The van der Waals surface area contributed by atoms with E-state index in [1.165, 1.54) is 30.4 Å². The lowest BCUT2D eigenvalue weighted by molar-refractivity contribution is 0.157. The van der Waals surface area contributed by atoms with Gasteiger partial charge in [0.1, 0.15) is 0 Å². The van der Waals surface area contributed by atoms with E-state index in [0.717, 1.165) is 6.42 Å². The fourth-order valence-corrected chi connectivity index (χ4v) is 2.46. The maximum atomic E-state index is 9.75. The van der Waals surface area contributed by atoms with E-state index in [0.29, 0.717) is 5.92 Å². The van der Waals surface area contributed by atoms with Gasteiger partial charge >= 0.3 is 0 Å². The van der Waals surface area contributed by atoms with Crippen molar-refractivity contribution in [1.29, 1.82) is 0 Å². The summed E-state index contributed by atoms with van der Waals surface area (Å²) in [4.78, 5) is 0. The molecule has 0 radical (unpaired) electrons. The maximum absolute atomic E-state index is 9.75. The second-order valence-corrected chi connectivity index (χ2v) is 4.29. The van der Waals surface area contributed by atoms with Crippen molar-refractivity contribution < 1.29 is 5.11 Å². The number of aryl methyl sites for hydroxylation is 1. The second kappa shape index (κ2) is 4.14. The minimum atomic E-state index is -0.214. The Kier molecular flexibility index (Phi) is 2.87. The Morgan fingerprint density at radius 3 is 2.86 bits per heavy atom. The number of benzene rings is 1. The Balaban J connectivity index is 2.37. The molecular formula is C13H18O. The van der Waals surface area contributed by atoms with Gasteiger partial charge < -0.3 is 5.11 Å². The molecule has 0 spiro atoms. The number of aliphatic hydroxyl groups is 1. The Labute approximate surface area is 85.8 Å². The first-order valence-electron chi connectivity index (χ1n) is 5.55. The van der Waals surface area contributed by atoms with Gasteiger partial charge in [0.15, 0.2) is 0 Å². The third-order valence-corrected chi connectivity index (χ3v) is 3.25. The second-order valence-electron chi connectivity index (χ2n) is 4.29. The van der Waals surface area contributed by atoms with Crippen molar-refractivity contribution in [2.75, 3.05) is 0 Å². The van der Waals surface area contributed by atoms with Crippen LogP contribution in [0.3, 0.4) is 0 Å². The molecule has 0 aliphatic heterocycles. The van der Waals surface area contributed by atoms with E-state index in [-0.39, 0.29) is 6.10 Å². The molecule has 0 heterocycles. The normalized spacial score (nSPS) is 23.7. The number of hydrogen-bond acceptors (Lipinski definition) is 1. The van der Waals surface area contributed by atoms with Crippen LogP contribution < -0.4 is 0 Å². The molecule has 0 bridgehead atoms. The monoisotopic (exact) mass is 190 g/mol. The van der Waals surface area contributed by atoms with E-state index in [1.54, 1.807) is 0 Å². The molecule has 14 heavy (non-hydrogen) atoms. The van der Waals surface area contributed by atoms with Gasteiger partial charge in [-0.15, -0.1) is 0 Å².